The smallest absolute Gasteiger partial charge is 0.155 e. The van der Waals surface area contributed by atoms with Crippen LogP contribution in [0.25, 0.3) is 0 Å². The van der Waals surface area contributed by atoms with Gasteiger partial charge in [-0.05, 0) is 0 Å². The topological polar surface area (TPSA) is 29.5 Å². The molecule has 0 saturated carbocycles. The Kier molecular flexibility index (Phi) is 1.65. The van der Waals surface area contributed by atoms with Gasteiger partial charge in [0.1, 0.15) is 0 Å². The summed E-state index contributed by atoms with van der Waals surface area (Å²) < 4.78 is 4.84. The Balaban J connectivity index is 2.32. The molecule has 1 fully saturated rings. The van der Waals surface area contributed by atoms with Crippen LogP contribution >= 0.6 is 0 Å². The minimum absolute atomic E-state index is 0.366. The maximum Gasteiger partial charge on any atom is 0.155 e. The average molecular weight is 114 g/mol. The van der Waals surface area contributed by atoms with E-state index in [0.29, 0.717) is 18.9 Å². The number of aliphatic hydroxyl groups is 1. The molecule has 1 aliphatic rings. The molecule has 1 saturated heterocycles. The van der Waals surface area contributed by atoms with Gasteiger partial charge >= 0.3 is 0 Å². The second kappa shape index (κ2) is 2.29. The molecule has 1 aliphatic heterocycles. The van der Waals surface area contributed by atoms with E-state index in [9.17, 15) is 0 Å². The highest BCUT2D eigenvalue weighted by molar-refractivity contribution is 4.82. The maximum atomic E-state index is 8.76. The van der Waals surface area contributed by atoms with Gasteiger partial charge in [-0.2, -0.15) is 0 Å². The highest BCUT2D eigenvalue weighted by Crippen LogP contribution is 2.17. The molecular formula is C6H10O2. The van der Waals surface area contributed by atoms with Crippen molar-refractivity contribution in [1.82, 2.24) is 0 Å². The van der Waals surface area contributed by atoms with Crippen molar-refractivity contribution in [3.05, 3.63) is 12.7 Å². The summed E-state index contributed by atoms with van der Waals surface area (Å²) in [5.41, 5.74) is 0. The van der Waals surface area contributed by atoms with Gasteiger partial charge in [0.25, 0.3) is 0 Å². The standard InChI is InChI=1S/C6H10O2/c1-2-5-3-6(7)8-4-5/h2,5-7H,1,3-4H2. The van der Waals surface area contributed by atoms with E-state index in [0.717, 1.165) is 0 Å². The van der Waals surface area contributed by atoms with E-state index in [1.807, 2.05) is 6.08 Å². The lowest BCUT2D eigenvalue weighted by Crippen LogP contribution is -2.00. The van der Waals surface area contributed by atoms with Crippen molar-refractivity contribution in [3.63, 3.8) is 0 Å². The van der Waals surface area contributed by atoms with Crippen LogP contribution in [0.1, 0.15) is 6.42 Å². The van der Waals surface area contributed by atoms with Crippen LogP contribution < -0.4 is 0 Å². The molecule has 1 N–H and O–H groups in total. The third kappa shape index (κ3) is 1.08. The van der Waals surface area contributed by atoms with E-state index in [-0.39, 0.29) is 0 Å². The van der Waals surface area contributed by atoms with E-state index in [1.165, 1.54) is 0 Å². The summed E-state index contributed by atoms with van der Waals surface area (Å²) in [6.07, 6.45) is 1.98. The van der Waals surface area contributed by atoms with Gasteiger partial charge in [-0.15, -0.1) is 6.58 Å². The van der Waals surface area contributed by atoms with Crippen LogP contribution in [0.4, 0.5) is 0 Å². The number of aliphatic hydroxyl groups excluding tert-OH is 1. The number of ether oxygens (including phenoxy) is 1. The fourth-order valence-corrected chi connectivity index (χ4v) is 0.794. The van der Waals surface area contributed by atoms with Crippen LogP contribution in [0.5, 0.6) is 0 Å². The molecule has 0 bridgehead atoms. The van der Waals surface area contributed by atoms with Gasteiger partial charge in [-0.25, -0.2) is 0 Å². The van der Waals surface area contributed by atoms with Gasteiger partial charge < -0.3 is 9.84 Å². The van der Waals surface area contributed by atoms with Crippen LogP contribution in [0.3, 0.4) is 0 Å². The van der Waals surface area contributed by atoms with E-state index in [4.69, 9.17) is 9.84 Å². The Morgan fingerprint density at radius 2 is 2.50 bits per heavy atom. The summed E-state index contributed by atoms with van der Waals surface area (Å²) in [5.74, 6) is 0.366. The molecule has 0 radical (unpaired) electrons. The van der Waals surface area contributed by atoms with Crippen LogP contribution in [-0.4, -0.2) is 18.0 Å². The Morgan fingerprint density at radius 1 is 1.75 bits per heavy atom. The summed E-state index contributed by atoms with van der Waals surface area (Å²) in [5, 5.41) is 8.76. The quantitative estimate of drug-likeness (QED) is 0.504. The molecule has 0 aromatic rings. The van der Waals surface area contributed by atoms with Crippen molar-refractivity contribution in [2.24, 2.45) is 5.92 Å². The summed E-state index contributed by atoms with van der Waals surface area (Å²) in [6, 6.07) is 0. The first-order chi connectivity index (χ1) is 3.83. The first kappa shape index (κ1) is 5.79. The highest BCUT2D eigenvalue weighted by atomic mass is 16.6. The molecule has 2 nitrogen and oxygen atoms in total. The zero-order valence-corrected chi connectivity index (χ0v) is 4.71. The summed E-state index contributed by atoms with van der Waals surface area (Å²) in [7, 11) is 0. The zero-order valence-electron chi connectivity index (χ0n) is 4.71. The third-order valence-electron chi connectivity index (χ3n) is 1.34. The van der Waals surface area contributed by atoms with Crippen molar-refractivity contribution >= 4 is 0 Å². The predicted octanol–water partition coefficient (Wildman–Crippen LogP) is 0.527. The molecule has 0 aliphatic carbocycles. The highest BCUT2D eigenvalue weighted by Gasteiger charge is 2.19. The molecule has 2 unspecified atom stereocenters. The lowest BCUT2D eigenvalue weighted by atomic mass is 10.1. The second-order valence-corrected chi connectivity index (χ2v) is 2.02. The van der Waals surface area contributed by atoms with Crippen molar-refractivity contribution in [3.8, 4) is 0 Å². The minimum atomic E-state index is -0.544. The molecule has 2 atom stereocenters. The second-order valence-electron chi connectivity index (χ2n) is 2.02. The lowest BCUT2D eigenvalue weighted by Gasteiger charge is -1.94. The largest absolute Gasteiger partial charge is 0.368 e. The van der Waals surface area contributed by atoms with Crippen molar-refractivity contribution < 1.29 is 9.84 Å². The minimum Gasteiger partial charge on any atom is -0.368 e. The van der Waals surface area contributed by atoms with Gasteiger partial charge in [0.2, 0.25) is 0 Å². The molecule has 2 heteroatoms. The molecule has 8 heavy (non-hydrogen) atoms. The van der Waals surface area contributed by atoms with Gasteiger partial charge in [-0.3, -0.25) is 0 Å². The lowest BCUT2D eigenvalue weighted by molar-refractivity contribution is -0.0590. The van der Waals surface area contributed by atoms with Gasteiger partial charge in [0.15, 0.2) is 6.29 Å². The zero-order chi connectivity index (χ0) is 5.98. The van der Waals surface area contributed by atoms with E-state index in [2.05, 4.69) is 6.58 Å². The molecular weight excluding hydrogens is 104 g/mol. The number of hydrogen-bond acceptors (Lipinski definition) is 2. The third-order valence-corrected chi connectivity index (χ3v) is 1.34. The first-order valence-corrected chi connectivity index (χ1v) is 2.75. The first-order valence-electron chi connectivity index (χ1n) is 2.75. The molecule has 0 spiro atoms. The molecule has 1 heterocycles. The van der Waals surface area contributed by atoms with Crippen LogP contribution in [0.2, 0.25) is 0 Å². The molecule has 0 amide bonds. The Hall–Kier alpha value is -0.340. The predicted molar refractivity (Wildman–Crippen MR) is 30.3 cm³/mol. The van der Waals surface area contributed by atoms with Gasteiger partial charge in [-0.1, -0.05) is 6.08 Å². The fraction of sp³-hybridized carbons (Fsp3) is 0.667. The van der Waals surface area contributed by atoms with Gasteiger partial charge in [0.05, 0.1) is 6.61 Å². The normalized spacial score (nSPS) is 37.6. The Morgan fingerprint density at radius 3 is 2.75 bits per heavy atom. The molecule has 0 aromatic heterocycles. The SMILES string of the molecule is C=CC1COC(O)C1. The Bertz CT molecular complexity index is 90.5. The maximum absolute atomic E-state index is 8.76. The molecule has 1 rings (SSSR count). The molecule has 0 aromatic carbocycles. The van der Waals surface area contributed by atoms with Crippen molar-refractivity contribution in [1.29, 1.82) is 0 Å². The summed E-state index contributed by atoms with van der Waals surface area (Å²) in [6.45, 7) is 4.22. The van der Waals surface area contributed by atoms with Crippen LogP contribution in [0, 0.1) is 5.92 Å². The fourth-order valence-electron chi connectivity index (χ4n) is 0.794. The van der Waals surface area contributed by atoms with Crippen LogP contribution in [-0.2, 0) is 4.74 Å². The summed E-state index contributed by atoms with van der Waals surface area (Å²) in [4.78, 5) is 0. The van der Waals surface area contributed by atoms with E-state index in [1.54, 1.807) is 0 Å². The summed E-state index contributed by atoms with van der Waals surface area (Å²) >= 11 is 0. The van der Waals surface area contributed by atoms with Crippen molar-refractivity contribution in [2.45, 2.75) is 12.7 Å². The monoisotopic (exact) mass is 114 g/mol. The molecule has 46 valence electrons. The Labute approximate surface area is 48.8 Å². The number of hydrogen-bond donors (Lipinski definition) is 1. The average Bonchev–Trinajstić information content (AvgIpc) is 2.14. The van der Waals surface area contributed by atoms with Gasteiger partial charge in [0, 0.05) is 12.3 Å². The van der Waals surface area contributed by atoms with Crippen LogP contribution in [0.15, 0.2) is 12.7 Å². The van der Waals surface area contributed by atoms with E-state index >= 15 is 0 Å². The van der Waals surface area contributed by atoms with E-state index < -0.39 is 6.29 Å². The number of rotatable bonds is 1. The van der Waals surface area contributed by atoms with Crippen molar-refractivity contribution in [2.75, 3.05) is 6.61 Å².